The molecule has 0 atom stereocenters. The molecule has 96 valence electrons. The Hall–Kier alpha value is -2.74. The molecule has 0 amide bonds. The Kier molecular flexibility index (Phi) is 2.69. The van der Waals surface area contributed by atoms with Gasteiger partial charge in [-0.1, -0.05) is 12.1 Å². The molecule has 7 nitrogen and oxygen atoms in total. The van der Waals surface area contributed by atoms with Crippen molar-refractivity contribution in [3.8, 4) is 0 Å². The second-order valence-corrected chi connectivity index (χ2v) is 3.78. The van der Waals surface area contributed by atoms with Crippen LogP contribution in [0, 0.1) is 5.82 Å². The highest BCUT2D eigenvalue weighted by Gasteiger charge is 2.10. The van der Waals surface area contributed by atoms with Crippen LogP contribution in [-0.4, -0.2) is 20.2 Å². The van der Waals surface area contributed by atoms with Crippen LogP contribution in [0.3, 0.4) is 0 Å². The first-order valence-corrected chi connectivity index (χ1v) is 5.47. The maximum Gasteiger partial charge on any atom is 0.241 e. The van der Waals surface area contributed by atoms with Gasteiger partial charge in [0.15, 0.2) is 5.65 Å². The summed E-state index contributed by atoms with van der Waals surface area (Å²) in [6.45, 7) is 0. The van der Waals surface area contributed by atoms with E-state index in [-0.39, 0.29) is 11.8 Å². The fraction of sp³-hybridized carbons (Fsp3) is 0. The number of H-pyrrole nitrogens is 1. The van der Waals surface area contributed by atoms with Gasteiger partial charge >= 0.3 is 0 Å². The van der Waals surface area contributed by atoms with Crippen molar-refractivity contribution >= 4 is 28.5 Å². The minimum Gasteiger partial charge on any atom is -0.337 e. The van der Waals surface area contributed by atoms with E-state index < -0.39 is 0 Å². The zero-order valence-electron chi connectivity index (χ0n) is 9.68. The lowest BCUT2D eigenvalue weighted by Crippen LogP contribution is -2.11. The highest BCUT2D eigenvalue weighted by molar-refractivity contribution is 5.89. The number of nitrogens with one attached hydrogen (secondary N) is 3. The Morgan fingerprint density at radius 2 is 2.05 bits per heavy atom. The van der Waals surface area contributed by atoms with Crippen LogP contribution < -0.4 is 16.6 Å². The molecule has 0 fully saturated rings. The average molecular weight is 259 g/mol. The summed E-state index contributed by atoms with van der Waals surface area (Å²) in [4.78, 5) is 8.22. The molecule has 0 spiro atoms. The summed E-state index contributed by atoms with van der Waals surface area (Å²) in [6, 6.07) is 6.30. The number of fused-ring (bicyclic) bond motifs is 1. The molecule has 1 aromatic carbocycles. The monoisotopic (exact) mass is 259 g/mol. The molecule has 0 aliphatic rings. The number of rotatable bonds is 3. The maximum absolute atomic E-state index is 13.6. The zero-order valence-corrected chi connectivity index (χ0v) is 9.68. The lowest BCUT2D eigenvalue weighted by atomic mass is 10.3. The summed E-state index contributed by atoms with van der Waals surface area (Å²) in [5, 5.41) is 10.1. The molecule has 8 heteroatoms. The smallest absolute Gasteiger partial charge is 0.241 e. The first-order chi connectivity index (χ1) is 9.28. The first-order valence-electron chi connectivity index (χ1n) is 5.47. The van der Waals surface area contributed by atoms with Gasteiger partial charge in [-0.15, -0.1) is 0 Å². The third-order valence-electron chi connectivity index (χ3n) is 2.57. The molecule has 19 heavy (non-hydrogen) atoms. The zero-order chi connectivity index (χ0) is 13.2. The third kappa shape index (κ3) is 2.04. The standard InChI is InChI=1S/C11H10FN7/c12-7-3-1-2-4-8(7)15-9-6-5-14-19-10(6)17-11(16-9)18-13/h1-5H,13H2,(H3,14,15,16,17,18,19). The molecule has 2 heterocycles. The van der Waals surface area contributed by atoms with Gasteiger partial charge in [0, 0.05) is 0 Å². The van der Waals surface area contributed by atoms with E-state index in [1.807, 2.05) is 0 Å². The van der Waals surface area contributed by atoms with E-state index >= 15 is 0 Å². The summed E-state index contributed by atoms with van der Waals surface area (Å²) in [5.74, 6) is 5.53. The molecule has 0 saturated heterocycles. The Labute approximate surface area is 107 Å². The number of hydrogen-bond donors (Lipinski definition) is 4. The lowest BCUT2D eigenvalue weighted by Gasteiger charge is -2.08. The van der Waals surface area contributed by atoms with Crippen molar-refractivity contribution in [1.29, 1.82) is 0 Å². The van der Waals surface area contributed by atoms with E-state index in [1.54, 1.807) is 24.4 Å². The second kappa shape index (κ2) is 4.50. The quantitative estimate of drug-likeness (QED) is 0.420. The van der Waals surface area contributed by atoms with Crippen molar-refractivity contribution in [2.45, 2.75) is 0 Å². The number of anilines is 3. The summed E-state index contributed by atoms with van der Waals surface area (Å²) >= 11 is 0. The SMILES string of the molecule is NNc1nc(Nc2ccccc2F)c2cn[nH]c2n1. The summed E-state index contributed by atoms with van der Waals surface area (Å²) < 4.78 is 13.6. The maximum atomic E-state index is 13.6. The minimum atomic E-state index is -0.375. The molecular weight excluding hydrogens is 249 g/mol. The van der Waals surface area contributed by atoms with E-state index in [1.165, 1.54) is 6.07 Å². The third-order valence-corrected chi connectivity index (χ3v) is 2.57. The van der Waals surface area contributed by atoms with Crippen molar-refractivity contribution in [1.82, 2.24) is 20.2 Å². The van der Waals surface area contributed by atoms with Crippen LogP contribution in [0.5, 0.6) is 0 Å². The second-order valence-electron chi connectivity index (χ2n) is 3.78. The Morgan fingerprint density at radius 3 is 2.84 bits per heavy atom. The summed E-state index contributed by atoms with van der Waals surface area (Å²) in [7, 11) is 0. The summed E-state index contributed by atoms with van der Waals surface area (Å²) in [6.07, 6.45) is 1.55. The number of hydrogen-bond acceptors (Lipinski definition) is 6. The molecular formula is C11H10FN7. The van der Waals surface area contributed by atoms with Crippen LogP contribution in [-0.2, 0) is 0 Å². The molecule has 3 aromatic rings. The van der Waals surface area contributed by atoms with Crippen molar-refractivity contribution in [2.24, 2.45) is 5.84 Å². The Bertz CT molecular complexity index is 724. The number of nitrogens with two attached hydrogens (primary N) is 1. The summed E-state index contributed by atoms with van der Waals surface area (Å²) in [5.41, 5.74) is 3.16. The molecule has 0 aliphatic heterocycles. The van der Waals surface area contributed by atoms with Gasteiger partial charge in [-0.2, -0.15) is 15.1 Å². The number of para-hydroxylation sites is 1. The van der Waals surface area contributed by atoms with Gasteiger partial charge in [-0.3, -0.25) is 10.5 Å². The highest BCUT2D eigenvalue weighted by Crippen LogP contribution is 2.24. The van der Waals surface area contributed by atoms with E-state index in [0.717, 1.165) is 0 Å². The van der Waals surface area contributed by atoms with Crippen molar-refractivity contribution < 1.29 is 4.39 Å². The van der Waals surface area contributed by atoms with Gasteiger partial charge < -0.3 is 5.32 Å². The van der Waals surface area contributed by atoms with Gasteiger partial charge in [0.25, 0.3) is 0 Å². The largest absolute Gasteiger partial charge is 0.337 e. The number of nitrogen functional groups attached to an aromatic ring is 1. The number of benzene rings is 1. The number of aromatic amines is 1. The fourth-order valence-corrected chi connectivity index (χ4v) is 1.68. The molecule has 0 unspecified atom stereocenters. The van der Waals surface area contributed by atoms with E-state index in [9.17, 15) is 4.39 Å². The first kappa shape index (κ1) is 11.4. The van der Waals surface area contributed by atoms with Gasteiger partial charge in [-0.25, -0.2) is 10.2 Å². The molecule has 3 rings (SSSR count). The van der Waals surface area contributed by atoms with Crippen LogP contribution in [0.15, 0.2) is 30.5 Å². The van der Waals surface area contributed by atoms with Gasteiger partial charge in [0.05, 0.1) is 17.3 Å². The number of halogens is 1. The van der Waals surface area contributed by atoms with E-state index in [2.05, 4.69) is 30.9 Å². The topological polar surface area (TPSA) is 105 Å². The van der Waals surface area contributed by atoms with Crippen molar-refractivity contribution in [3.05, 3.63) is 36.3 Å². The van der Waals surface area contributed by atoms with Crippen LogP contribution in [0.1, 0.15) is 0 Å². The van der Waals surface area contributed by atoms with Gasteiger partial charge in [0.1, 0.15) is 11.6 Å². The van der Waals surface area contributed by atoms with Crippen LogP contribution in [0.2, 0.25) is 0 Å². The Morgan fingerprint density at radius 1 is 1.21 bits per heavy atom. The minimum absolute atomic E-state index is 0.204. The predicted molar refractivity (Wildman–Crippen MR) is 69.2 cm³/mol. The Balaban J connectivity index is 2.09. The fourth-order valence-electron chi connectivity index (χ4n) is 1.68. The number of hydrazine groups is 1. The molecule has 0 radical (unpaired) electrons. The van der Waals surface area contributed by atoms with Gasteiger partial charge in [-0.05, 0) is 12.1 Å². The van der Waals surface area contributed by atoms with Crippen molar-refractivity contribution in [2.75, 3.05) is 10.7 Å². The molecule has 2 aromatic heterocycles. The number of nitrogens with zero attached hydrogens (tertiary/aromatic N) is 3. The van der Waals surface area contributed by atoms with E-state index in [4.69, 9.17) is 5.84 Å². The average Bonchev–Trinajstić information content (AvgIpc) is 2.89. The van der Waals surface area contributed by atoms with Crippen LogP contribution >= 0.6 is 0 Å². The number of aromatic nitrogens is 4. The molecule has 0 saturated carbocycles. The van der Waals surface area contributed by atoms with E-state index in [0.29, 0.717) is 22.5 Å². The van der Waals surface area contributed by atoms with Crippen LogP contribution in [0.4, 0.5) is 21.8 Å². The van der Waals surface area contributed by atoms with Crippen molar-refractivity contribution in [3.63, 3.8) is 0 Å². The highest BCUT2D eigenvalue weighted by atomic mass is 19.1. The predicted octanol–water partition coefficient (Wildman–Crippen LogP) is 1.52. The lowest BCUT2D eigenvalue weighted by molar-refractivity contribution is 0.632. The molecule has 0 aliphatic carbocycles. The van der Waals surface area contributed by atoms with Crippen LogP contribution in [0.25, 0.3) is 11.0 Å². The van der Waals surface area contributed by atoms with Gasteiger partial charge in [0.2, 0.25) is 5.95 Å². The normalized spacial score (nSPS) is 10.6. The molecule has 5 N–H and O–H groups in total. The molecule has 0 bridgehead atoms.